The van der Waals surface area contributed by atoms with Crippen LogP contribution >= 0.6 is 27.5 Å². The van der Waals surface area contributed by atoms with Crippen LogP contribution in [0.4, 0.5) is 5.69 Å². The van der Waals surface area contributed by atoms with Gasteiger partial charge < -0.3 is 10.1 Å². The molecule has 36 heavy (non-hydrogen) atoms. The molecule has 2 amide bonds. The maximum Gasteiger partial charge on any atom is 0.338 e. The van der Waals surface area contributed by atoms with E-state index in [1.807, 2.05) is 24.3 Å². The molecule has 0 spiro atoms. The van der Waals surface area contributed by atoms with Crippen LogP contribution in [0.1, 0.15) is 32.7 Å². The summed E-state index contributed by atoms with van der Waals surface area (Å²) in [5, 5.41) is 3.80. The predicted molar refractivity (Wildman–Crippen MR) is 139 cm³/mol. The van der Waals surface area contributed by atoms with Crippen molar-refractivity contribution in [2.24, 2.45) is 0 Å². The Morgan fingerprint density at radius 1 is 0.944 bits per heavy atom. The Morgan fingerprint density at radius 3 is 2.25 bits per heavy atom. The monoisotopic (exact) mass is 568 g/mol. The smallest absolute Gasteiger partial charge is 0.338 e. The molecular formula is C27H22BrClN2O5. The average molecular weight is 570 g/mol. The number of carbonyl (C=O) groups is 4. The van der Waals surface area contributed by atoms with Crippen LogP contribution in [-0.4, -0.2) is 42.8 Å². The molecule has 1 unspecified atom stereocenters. The number of rotatable bonds is 9. The molecular weight excluding hydrogens is 548 g/mol. The molecule has 1 N–H and O–H groups in total. The number of benzene rings is 3. The fourth-order valence-electron chi connectivity index (χ4n) is 3.78. The highest BCUT2D eigenvalue weighted by Crippen LogP contribution is 2.24. The van der Waals surface area contributed by atoms with Gasteiger partial charge in [-0.3, -0.25) is 14.4 Å². The summed E-state index contributed by atoms with van der Waals surface area (Å²) >= 11 is 9.20. The second-order valence-corrected chi connectivity index (χ2v) is 9.56. The van der Waals surface area contributed by atoms with Crippen molar-refractivity contribution in [3.8, 4) is 0 Å². The van der Waals surface area contributed by atoms with Crippen LogP contribution in [-0.2, 0) is 20.7 Å². The zero-order chi connectivity index (χ0) is 25.7. The first kappa shape index (κ1) is 25.8. The highest BCUT2D eigenvalue weighted by molar-refractivity contribution is 9.10. The number of nitrogens with zero attached hydrogens (tertiary/aromatic N) is 1. The maximum absolute atomic E-state index is 12.8. The summed E-state index contributed by atoms with van der Waals surface area (Å²) in [6.07, 6.45) is 0.748. The van der Waals surface area contributed by atoms with Gasteiger partial charge in [0.2, 0.25) is 5.91 Å². The van der Waals surface area contributed by atoms with E-state index in [4.69, 9.17) is 16.3 Å². The Balaban J connectivity index is 1.30. The Bertz CT molecular complexity index is 1280. The predicted octanol–water partition coefficient (Wildman–Crippen LogP) is 4.61. The maximum atomic E-state index is 12.8. The van der Waals surface area contributed by atoms with Crippen molar-refractivity contribution in [2.45, 2.75) is 18.9 Å². The second-order valence-electron chi connectivity index (χ2n) is 8.21. The highest BCUT2D eigenvalue weighted by atomic mass is 79.9. The molecule has 1 heterocycles. The lowest BCUT2D eigenvalue weighted by atomic mass is 10.1. The van der Waals surface area contributed by atoms with Gasteiger partial charge in [0.05, 0.1) is 23.7 Å². The van der Waals surface area contributed by atoms with Crippen molar-refractivity contribution in [1.82, 2.24) is 5.32 Å². The number of nitrogens with one attached hydrogen (secondary N) is 1. The molecule has 0 aromatic heterocycles. The topological polar surface area (TPSA) is 92.8 Å². The standard InChI is InChI=1S/C27H22BrClN2O5/c28-20-7-3-18(4-8-20)24(32)16-36-27(35)19-5-11-22(12-6-19)31-25(33)15-23(26(31)34)30-14-13-17-1-9-21(29)10-2-17/h1-12,23,30H,13-16H2. The largest absolute Gasteiger partial charge is 0.454 e. The quantitative estimate of drug-likeness (QED) is 0.230. The molecule has 0 radical (unpaired) electrons. The van der Waals surface area contributed by atoms with Crippen LogP contribution < -0.4 is 10.2 Å². The van der Waals surface area contributed by atoms with Gasteiger partial charge in [0, 0.05) is 15.1 Å². The molecule has 0 saturated carbocycles. The van der Waals surface area contributed by atoms with E-state index < -0.39 is 18.6 Å². The lowest BCUT2D eigenvalue weighted by Gasteiger charge is -2.16. The minimum atomic E-state index is -0.673. The molecule has 7 nitrogen and oxygen atoms in total. The van der Waals surface area contributed by atoms with E-state index in [1.54, 1.807) is 24.3 Å². The van der Waals surface area contributed by atoms with E-state index in [9.17, 15) is 19.2 Å². The number of Topliss-reactive ketones (excluding diaryl/α,β-unsaturated/α-hetero) is 1. The van der Waals surface area contributed by atoms with Crippen molar-refractivity contribution in [3.05, 3.63) is 99.0 Å². The lowest BCUT2D eigenvalue weighted by molar-refractivity contribution is -0.121. The van der Waals surface area contributed by atoms with Crippen LogP contribution in [0.25, 0.3) is 0 Å². The Kier molecular flexibility index (Phi) is 8.30. The molecule has 1 fully saturated rings. The van der Waals surface area contributed by atoms with Gasteiger partial charge >= 0.3 is 5.97 Å². The van der Waals surface area contributed by atoms with Gasteiger partial charge in [-0.1, -0.05) is 51.8 Å². The zero-order valence-electron chi connectivity index (χ0n) is 19.1. The number of amides is 2. The summed E-state index contributed by atoms with van der Waals surface area (Å²) < 4.78 is 5.96. The minimum absolute atomic E-state index is 0.0570. The Labute approximate surface area is 221 Å². The Hall–Kier alpha value is -3.33. The number of anilines is 1. The number of hydrogen-bond donors (Lipinski definition) is 1. The molecule has 4 rings (SSSR count). The summed E-state index contributed by atoms with van der Waals surface area (Å²) in [6.45, 7) is 0.137. The molecule has 1 saturated heterocycles. The van der Waals surface area contributed by atoms with Gasteiger partial charge in [-0.15, -0.1) is 0 Å². The van der Waals surface area contributed by atoms with E-state index in [0.717, 1.165) is 14.9 Å². The average Bonchev–Trinajstić information content (AvgIpc) is 3.16. The third-order valence-electron chi connectivity index (χ3n) is 5.73. The normalized spacial score (nSPS) is 15.3. The van der Waals surface area contributed by atoms with Gasteiger partial charge in [-0.2, -0.15) is 0 Å². The molecule has 3 aromatic carbocycles. The number of imide groups is 1. The molecule has 9 heteroatoms. The number of carbonyl (C=O) groups excluding carboxylic acids is 4. The Morgan fingerprint density at radius 2 is 1.58 bits per heavy atom. The van der Waals surface area contributed by atoms with Crippen LogP contribution in [0.15, 0.2) is 77.3 Å². The summed E-state index contributed by atoms with van der Waals surface area (Å²) in [4.78, 5) is 51.1. The summed E-state index contributed by atoms with van der Waals surface area (Å²) in [7, 11) is 0. The summed E-state index contributed by atoms with van der Waals surface area (Å²) in [5.41, 5.74) is 2.08. The van der Waals surface area contributed by atoms with E-state index in [0.29, 0.717) is 29.2 Å². The molecule has 184 valence electrons. The number of ether oxygens (including phenoxy) is 1. The highest BCUT2D eigenvalue weighted by Gasteiger charge is 2.39. The first-order valence-electron chi connectivity index (χ1n) is 11.2. The van der Waals surface area contributed by atoms with Crippen molar-refractivity contribution < 1.29 is 23.9 Å². The number of esters is 1. The van der Waals surface area contributed by atoms with Crippen LogP contribution in [0.5, 0.6) is 0 Å². The second kappa shape index (κ2) is 11.6. The molecule has 1 aliphatic heterocycles. The van der Waals surface area contributed by atoms with E-state index >= 15 is 0 Å². The minimum Gasteiger partial charge on any atom is -0.454 e. The fourth-order valence-corrected chi connectivity index (χ4v) is 4.17. The van der Waals surface area contributed by atoms with Crippen molar-refractivity contribution in [2.75, 3.05) is 18.1 Å². The SMILES string of the molecule is O=C(COC(=O)c1ccc(N2C(=O)CC(NCCc3ccc(Cl)cc3)C2=O)cc1)c1ccc(Br)cc1. The van der Waals surface area contributed by atoms with E-state index in [1.165, 1.54) is 24.3 Å². The first-order chi connectivity index (χ1) is 17.3. The van der Waals surface area contributed by atoms with Gasteiger partial charge in [0.15, 0.2) is 12.4 Å². The van der Waals surface area contributed by atoms with Crippen LogP contribution in [0, 0.1) is 0 Å². The van der Waals surface area contributed by atoms with E-state index in [-0.39, 0.29) is 29.6 Å². The fraction of sp³-hybridized carbons (Fsp3) is 0.185. The molecule has 1 atom stereocenters. The van der Waals surface area contributed by atoms with Gasteiger partial charge in [0.25, 0.3) is 5.91 Å². The molecule has 0 aliphatic carbocycles. The first-order valence-corrected chi connectivity index (χ1v) is 12.4. The summed E-state index contributed by atoms with van der Waals surface area (Å²) in [6, 6.07) is 19.5. The van der Waals surface area contributed by atoms with Gasteiger partial charge in [-0.05, 0) is 67.1 Å². The number of halogens is 2. The molecule has 0 bridgehead atoms. The van der Waals surface area contributed by atoms with Crippen LogP contribution in [0.2, 0.25) is 5.02 Å². The molecule has 1 aliphatic rings. The molecule has 3 aromatic rings. The van der Waals surface area contributed by atoms with Gasteiger partial charge in [0.1, 0.15) is 0 Å². The van der Waals surface area contributed by atoms with E-state index in [2.05, 4.69) is 21.2 Å². The van der Waals surface area contributed by atoms with Crippen LogP contribution in [0.3, 0.4) is 0 Å². The van der Waals surface area contributed by atoms with Crippen molar-refractivity contribution >= 4 is 56.8 Å². The third kappa shape index (κ3) is 6.26. The number of ketones is 1. The zero-order valence-corrected chi connectivity index (χ0v) is 21.4. The summed E-state index contributed by atoms with van der Waals surface area (Å²) in [5.74, 6) is -1.66. The van der Waals surface area contributed by atoms with Crippen molar-refractivity contribution in [3.63, 3.8) is 0 Å². The third-order valence-corrected chi connectivity index (χ3v) is 6.51. The van der Waals surface area contributed by atoms with Gasteiger partial charge in [-0.25, -0.2) is 9.69 Å². The lowest BCUT2D eigenvalue weighted by Crippen LogP contribution is -2.39. The number of hydrogen-bond acceptors (Lipinski definition) is 6. The van der Waals surface area contributed by atoms with Crippen molar-refractivity contribution in [1.29, 1.82) is 0 Å².